The number of halogens is 1. The predicted octanol–water partition coefficient (Wildman–Crippen LogP) is 3.59. The maximum atomic E-state index is 12.5. The van der Waals surface area contributed by atoms with Gasteiger partial charge in [0.15, 0.2) is 4.67 Å². The minimum absolute atomic E-state index is 0.0363. The van der Waals surface area contributed by atoms with Gasteiger partial charge in [-0.15, -0.1) is 0 Å². The Hall–Kier alpha value is -1.62. The highest BCUT2D eigenvalue weighted by Crippen LogP contribution is 2.33. The Labute approximate surface area is 125 Å². The lowest BCUT2D eigenvalue weighted by atomic mass is 9.91. The smallest absolute Gasteiger partial charge is 0.258 e. The number of carbonyl (C=O) groups excluding carboxylic acids is 1. The molecule has 0 fully saturated rings. The van der Waals surface area contributed by atoms with Crippen LogP contribution in [-0.4, -0.2) is 22.8 Å². The van der Waals surface area contributed by atoms with Gasteiger partial charge in [-0.05, 0) is 52.9 Å². The number of rotatable bonds is 2. The molecule has 1 unspecified atom stereocenters. The normalized spacial score (nSPS) is 17.6. The molecular weight excluding hydrogens is 320 g/mol. The molecule has 0 N–H and O–H groups in total. The molecule has 0 saturated heterocycles. The Kier molecular flexibility index (Phi) is 3.61. The maximum absolute atomic E-state index is 12.5. The molecule has 1 aliphatic rings. The van der Waals surface area contributed by atoms with Crippen LogP contribution in [0.1, 0.15) is 40.5 Å². The third kappa shape index (κ3) is 2.26. The van der Waals surface area contributed by atoms with E-state index in [0.717, 1.165) is 25.0 Å². The van der Waals surface area contributed by atoms with Gasteiger partial charge in [0.1, 0.15) is 0 Å². The zero-order valence-electron chi connectivity index (χ0n) is 11.2. The second-order valence-corrected chi connectivity index (χ2v) is 5.70. The zero-order chi connectivity index (χ0) is 14.1. The third-order valence-corrected chi connectivity index (χ3v) is 4.42. The molecule has 4 nitrogen and oxygen atoms in total. The van der Waals surface area contributed by atoms with E-state index in [9.17, 15) is 4.79 Å². The third-order valence-electron chi connectivity index (χ3n) is 3.80. The Bertz CT molecular complexity index is 638. The molecule has 0 spiro atoms. The van der Waals surface area contributed by atoms with E-state index in [-0.39, 0.29) is 11.9 Å². The van der Waals surface area contributed by atoms with Gasteiger partial charge in [-0.25, -0.2) is 0 Å². The van der Waals surface area contributed by atoms with Crippen LogP contribution in [0.4, 0.5) is 0 Å². The predicted molar refractivity (Wildman–Crippen MR) is 78.4 cm³/mol. The van der Waals surface area contributed by atoms with E-state index in [1.807, 2.05) is 13.1 Å². The lowest BCUT2D eigenvalue weighted by molar-refractivity contribution is 0.0709. The van der Waals surface area contributed by atoms with Gasteiger partial charge in [0, 0.05) is 13.2 Å². The van der Waals surface area contributed by atoms with Crippen molar-refractivity contribution in [2.45, 2.75) is 25.3 Å². The molecule has 0 radical (unpaired) electrons. The van der Waals surface area contributed by atoms with Gasteiger partial charge in [-0.1, -0.05) is 6.07 Å². The molecule has 1 aliphatic carbocycles. The van der Waals surface area contributed by atoms with Crippen molar-refractivity contribution < 1.29 is 9.21 Å². The molecule has 2 heterocycles. The second-order valence-electron chi connectivity index (χ2n) is 4.98. The van der Waals surface area contributed by atoms with Crippen molar-refractivity contribution in [3.63, 3.8) is 0 Å². The van der Waals surface area contributed by atoms with E-state index >= 15 is 0 Å². The number of aromatic nitrogens is 1. The highest BCUT2D eigenvalue weighted by atomic mass is 79.9. The number of hydrogen-bond donors (Lipinski definition) is 0. The van der Waals surface area contributed by atoms with Crippen LogP contribution >= 0.6 is 15.9 Å². The van der Waals surface area contributed by atoms with Crippen molar-refractivity contribution in [2.75, 3.05) is 7.05 Å². The summed E-state index contributed by atoms with van der Waals surface area (Å²) in [5.74, 6) is -0.0471. The summed E-state index contributed by atoms with van der Waals surface area (Å²) in [6.45, 7) is 0. The van der Waals surface area contributed by atoms with Crippen LogP contribution in [0.2, 0.25) is 0 Å². The monoisotopic (exact) mass is 334 g/mol. The number of amides is 1. The first-order chi connectivity index (χ1) is 9.68. The summed E-state index contributed by atoms with van der Waals surface area (Å²) in [6.07, 6.45) is 6.37. The number of hydrogen-bond acceptors (Lipinski definition) is 3. The summed E-state index contributed by atoms with van der Waals surface area (Å²) in [5, 5.41) is 0. The van der Waals surface area contributed by atoms with Crippen molar-refractivity contribution in [1.82, 2.24) is 9.88 Å². The first-order valence-corrected chi connectivity index (χ1v) is 7.41. The van der Waals surface area contributed by atoms with Crippen molar-refractivity contribution in [2.24, 2.45) is 0 Å². The quantitative estimate of drug-likeness (QED) is 0.843. The van der Waals surface area contributed by atoms with Crippen molar-refractivity contribution >= 4 is 21.8 Å². The van der Waals surface area contributed by atoms with Crippen LogP contribution in [0.5, 0.6) is 0 Å². The number of pyridine rings is 1. The highest BCUT2D eigenvalue weighted by molar-refractivity contribution is 9.10. The van der Waals surface area contributed by atoms with E-state index < -0.39 is 0 Å². The molecule has 0 aromatic carbocycles. The average Bonchev–Trinajstić information content (AvgIpc) is 2.91. The average molecular weight is 335 g/mol. The standard InChI is InChI=1S/C15H15BrN2O2/c1-18(15(19)11-7-9-20-14(11)16)12-6-2-4-10-5-3-8-17-13(10)12/h3,5,7-9,12H,2,4,6H2,1H3. The van der Waals surface area contributed by atoms with Crippen LogP contribution in [-0.2, 0) is 6.42 Å². The van der Waals surface area contributed by atoms with Crippen LogP contribution in [0.25, 0.3) is 0 Å². The van der Waals surface area contributed by atoms with Crippen LogP contribution in [0.3, 0.4) is 0 Å². The summed E-state index contributed by atoms with van der Waals surface area (Å²) >= 11 is 3.26. The van der Waals surface area contributed by atoms with E-state index in [0.29, 0.717) is 10.2 Å². The topological polar surface area (TPSA) is 46.3 Å². The number of carbonyl (C=O) groups is 1. The van der Waals surface area contributed by atoms with E-state index in [2.05, 4.69) is 27.0 Å². The van der Waals surface area contributed by atoms with Gasteiger partial charge in [-0.2, -0.15) is 0 Å². The van der Waals surface area contributed by atoms with Gasteiger partial charge >= 0.3 is 0 Å². The molecule has 2 aromatic rings. The Morgan fingerprint density at radius 1 is 1.50 bits per heavy atom. The number of aryl methyl sites for hydroxylation is 1. The first-order valence-electron chi connectivity index (χ1n) is 6.62. The minimum atomic E-state index is -0.0471. The molecular formula is C15H15BrN2O2. The Morgan fingerprint density at radius 2 is 2.35 bits per heavy atom. The molecule has 2 aromatic heterocycles. The SMILES string of the molecule is CN(C(=O)c1ccoc1Br)C1CCCc2cccnc21. The molecule has 104 valence electrons. The van der Waals surface area contributed by atoms with E-state index in [1.165, 1.54) is 11.8 Å². The molecule has 0 saturated carbocycles. The molecule has 1 amide bonds. The minimum Gasteiger partial charge on any atom is -0.457 e. The molecule has 0 bridgehead atoms. The van der Waals surface area contributed by atoms with Gasteiger partial charge < -0.3 is 9.32 Å². The van der Waals surface area contributed by atoms with Crippen LogP contribution in [0, 0.1) is 0 Å². The Morgan fingerprint density at radius 3 is 3.10 bits per heavy atom. The van der Waals surface area contributed by atoms with Crippen LogP contribution in [0.15, 0.2) is 39.7 Å². The summed E-state index contributed by atoms with van der Waals surface area (Å²) in [4.78, 5) is 18.8. The Balaban J connectivity index is 1.90. The summed E-state index contributed by atoms with van der Waals surface area (Å²) in [6, 6.07) is 5.77. The largest absolute Gasteiger partial charge is 0.457 e. The van der Waals surface area contributed by atoms with Gasteiger partial charge in [0.05, 0.1) is 23.6 Å². The molecule has 20 heavy (non-hydrogen) atoms. The number of fused-ring (bicyclic) bond motifs is 1. The molecule has 3 rings (SSSR count). The lowest BCUT2D eigenvalue weighted by Gasteiger charge is -2.32. The van der Waals surface area contributed by atoms with Crippen molar-refractivity contribution in [1.29, 1.82) is 0 Å². The summed E-state index contributed by atoms with van der Waals surface area (Å²) in [5.41, 5.74) is 2.82. The van der Waals surface area contributed by atoms with Crippen LogP contribution < -0.4 is 0 Å². The zero-order valence-corrected chi connectivity index (χ0v) is 12.8. The second kappa shape index (κ2) is 5.40. The summed E-state index contributed by atoms with van der Waals surface area (Å²) < 4.78 is 5.62. The lowest BCUT2D eigenvalue weighted by Crippen LogP contribution is -2.33. The van der Waals surface area contributed by atoms with E-state index in [1.54, 1.807) is 17.2 Å². The van der Waals surface area contributed by atoms with Gasteiger partial charge in [-0.3, -0.25) is 9.78 Å². The first kappa shape index (κ1) is 13.4. The molecule has 0 aliphatic heterocycles. The molecule has 5 heteroatoms. The maximum Gasteiger partial charge on any atom is 0.258 e. The summed E-state index contributed by atoms with van der Waals surface area (Å²) in [7, 11) is 1.83. The fourth-order valence-electron chi connectivity index (χ4n) is 2.74. The van der Waals surface area contributed by atoms with Gasteiger partial charge in [0.2, 0.25) is 0 Å². The van der Waals surface area contributed by atoms with E-state index in [4.69, 9.17) is 4.42 Å². The fraction of sp³-hybridized carbons (Fsp3) is 0.333. The van der Waals surface area contributed by atoms with Gasteiger partial charge in [0.25, 0.3) is 5.91 Å². The van der Waals surface area contributed by atoms with Crippen molar-refractivity contribution in [3.8, 4) is 0 Å². The number of furan rings is 1. The number of nitrogens with zero attached hydrogens (tertiary/aromatic N) is 2. The van der Waals surface area contributed by atoms with Crippen molar-refractivity contribution in [3.05, 3.63) is 52.1 Å². The fourth-order valence-corrected chi connectivity index (χ4v) is 3.15. The highest BCUT2D eigenvalue weighted by Gasteiger charge is 2.29. The molecule has 1 atom stereocenters.